The number of hydrogen-bond acceptors (Lipinski definition) is 3. The van der Waals surface area contributed by atoms with Crippen molar-refractivity contribution in [2.75, 3.05) is 7.11 Å². The second-order valence-electron chi connectivity index (χ2n) is 7.47. The number of ether oxygens (including phenoxy) is 1. The third kappa shape index (κ3) is 3.32. The van der Waals surface area contributed by atoms with Crippen LogP contribution in [0.2, 0.25) is 16.6 Å². The van der Waals surface area contributed by atoms with E-state index in [2.05, 4.69) is 53.7 Å². The summed E-state index contributed by atoms with van der Waals surface area (Å²) in [5.41, 5.74) is 5.28. The lowest BCUT2D eigenvalue weighted by Gasteiger charge is -2.39. The fraction of sp³-hybridized carbons (Fsp3) is 0.632. The Morgan fingerprint density at radius 1 is 0.957 bits per heavy atom. The van der Waals surface area contributed by atoms with E-state index < -0.39 is 8.32 Å². The summed E-state index contributed by atoms with van der Waals surface area (Å²) >= 11 is 0. The Bertz CT molecular complexity index is 557. The van der Waals surface area contributed by atoms with Crippen LogP contribution in [-0.2, 0) is 10.9 Å². The van der Waals surface area contributed by atoms with Gasteiger partial charge in [0.1, 0.15) is 5.75 Å². The van der Waals surface area contributed by atoms with Gasteiger partial charge in [-0.25, -0.2) is 0 Å². The zero-order valence-corrected chi connectivity index (χ0v) is 16.6. The van der Waals surface area contributed by atoms with E-state index in [1.165, 1.54) is 11.1 Å². The third-order valence-corrected chi connectivity index (χ3v) is 11.1. The predicted molar refractivity (Wildman–Crippen MR) is 100.0 cm³/mol. The highest BCUT2D eigenvalue weighted by Gasteiger charge is 2.48. The molecule has 0 radical (unpaired) electrons. The van der Waals surface area contributed by atoms with Gasteiger partial charge in [0.2, 0.25) is 0 Å². The van der Waals surface area contributed by atoms with Gasteiger partial charge in [0.15, 0.2) is 0 Å². The maximum atomic E-state index is 6.41. The largest absolute Gasteiger partial charge is 0.497 e. The van der Waals surface area contributed by atoms with Crippen molar-refractivity contribution in [3.8, 4) is 5.75 Å². The molecule has 1 aromatic rings. The zero-order chi connectivity index (χ0) is 17.2. The fourth-order valence-corrected chi connectivity index (χ4v) is 9.02. The van der Waals surface area contributed by atoms with E-state index in [9.17, 15) is 0 Å². The summed E-state index contributed by atoms with van der Waals surface area (Å²) in [6.07, 6.45) is 1.98. The van der Waals surface area contributed by atoms with Gasteiger partial charge in [0.25, 0.3) is 8.32 Å². The van der Waals surface area contributed by atoms with Crippen LogP contribution in [0.5, 0.6) is 5.75 Å². The van der Waals surface area contributed by atoms with Crippen LogP contribution in [0, 0.1) is 0 Å². The van der Waals surface area contributed by atoms with Gasteiger partial charge in [0.05, 0.1) is 12.8 Å². The van der Waals surface area contributed by atoms with Crippen LogP contribution in [0.4, 0.5) is 0 Å². The average Bonchev–Trinajstić information content (AvgIpc) is 2.89. The molecule has 4 heteroatoms. The second kappa shape index (κ2) is 7.08. The number of nitrogens with zero attached hydrogens (tertiary/aromatic N) is 1. The quantitative estimate of drug-likeness (QED) is 0.505. The summed E-state index contributed by atoms with van der Waals surface area (Å²) in [7, 11) is -0.235. The molecule has 1 aliphatic rings. The molecule has 0 saturated carbocycles. The normalized spacial score (nSPS) is 16.5. The van der Waals surface area contributed by atoms with Gasteiger partial charge in [-0.05, 0) is 53.2 Å². The van der Waals surface area contributed by atoms with Gasteiger partial charge in [-0.2, -0.15) is 0 Å². The Balaban J connectivity index is 2.30. The maximum absolute atomic E-state index is 6.41. The summed E-state index contributed by atoms with van der Waals surface area (Å²) in [4.78, 5) is 0. The molecular formula is C19H31NO2Si. The highest BCUT2D eigenvalue weighted by atomic mass is 28.4. The van der Waals surface area contributed by atoms with Crippen LogP contribution in [-0.4, -0.2) is 21.1 Å². The van der Waals surface area contributed by atoms with Crippen LogP contribution < -0.4 is 4.74 Å². The highest BCUT2D eigenvalue weighted by Crippen LogP contribution is 2.42. The first-order chi connectivity index (χ1) is 10.8. The fourth-order valence-electron chi connectivity index (χ4n) is 4.12. The molecular weight excluding hydrogens is 302 g/mol. The first-order valence-corrected chi connectivity index (χ1v) is 10.9. The van der Waals surface area contributed by atoms with Gasteiger partial charge in [-0.15, -0.1) is 5.16 Å². The molecule has 0 spiro atoms. The first-order valence-electron chi connectivity index (χ1n) is 8.75. The molecule has 1 aromatic carbocycles. The van der Waals surface area contributed by atoms with Crippen molar-refractivity contribution < 1.29 is 9.26 Å². The average molecular weight is 334 g/mol. The van der Waals surface area contributed by atoms with E-state index in [1.54, 1.807) is 7.11 Å². The van der Waals surface area contributed by atoms with Crippen molar-refractivity contribution in [1.82, 2.24) is 0 Å². The number of aryl methyl sites for hydroxylation is 1. The second-order valence-corrected chi connectivity index (χ2v) is 12.8. The minimum Gasteiger partial charge on any atom is -0.497 e. The SMILES string of the molecule is COc1ccc2c(c1)CC/C2=N\O[Si](C(C)C)(C(C)C)C(C)C. The van der Waals surface area contributed by atoms with E-state index in [0.717, 1.165) is 24.3 Å². The summed E-state index contributed by atoms with van der Waals surface area (Å²) in [5.74, 6) is 0.918. The molecule has 2 rings (SSSR count). The van der Waals surface area contributed by atoms with E-state index in [4.69, 9.17) is 14.4 Å². The van der Waals surface area contributed by atoms with Gasteiger partial charge in [0, 0.05) is 5.56 Å². The van der Waals surface area contributed by atoms with E-state index in [-0.39, 0.29) is 0 Å². The van der Waals surface area contributed by atoms with Crippen LogP contribution >= 0.6 is 0 Å². The molecule has 0 aliphatic heterocycles. The number of benzene rings is 1. The van der Waals surface area contributed by atoms with Gasteiger partial charge in [-0.3, -0.25) is 0 Å². The topological polar surface area (TPSA) is 30.8 Å². The van der Waals surface area contributed by atoms with Crippen molar-refractivity contribution in [3.05, 3.63) is 29.3 Å². The highest BCUT2D eigenvalue weighted by molar-refractivity contribution is 6.77. The Labute approximate surface area is 142 Å². The number of oxime groups is 1. The van der Waals surface area contributed by atoms with Crippen LogP contribution in [0.3, 0.4) is 0 Å². The van der Waals surface area contributed by atoms with Crippen LogP contribution in [0.15, 0.2) is 23.4 Å². The summed E-state index contributed by atoms with van der Waals surface area (Å²) in [6, 6.07) is 6.25. The number of methoxy groups -OCH3 is 1. The lowest BCUT2D eigenvalue weighted by Crippen LogP contribution is -2.46. The predicted octanol–water partition coefficient (Wildman–Crippen LogP) is 5.54. The zero-order valence-electron chi connectivity index (χ0n) is 15.6. The van der Waals surface area contributed by atoms with Crippen molar-refractivity contribution >= 4 is 14.0 Å². The maximum Gasteiger partial charge on any atom is 0.295 e. The molecule has 0 aromatic heterocycles. The smallest absolute Gasteiger partial charge is 0.295 e. The number of hydrogen-bond donors (Lipinski definition) is 0. The summed E-state index contributed by atoms with van der Waals surface area (Å²) in [6.45, 7) is 13.7. The molecule has 23 heavy (non-hydrogen) atoms. The standard InChI is InChI=1S/C19H31NO2Si/c1-13(2)23(14(3)4,15(5)6)22-20-19-11-8-16-12-17(21-7)9-10-18(16)19/h9-10,12-15H,8,11H2,1-7H3/b20-19+. The Hall–Kier alpha value is -1.29. The molecule has 0 amide bonds. The molecule has 0 bridgehead atoms. The molecule has 1 aliphatic carbocycles. The summed E-state index contributed by atoms with van der Waals surface area (Å²) < 4.78 is 11.7. The lowest BCUT2D eigenvalue weighted by molar-refractivity contribution is 0.296. The van der Waals surface area contributed by atoms with Gasteiger partial charge < -0.3 is 9.26 Å². The number of fused-ring (bicyclic) bond motifs is 1. The van der Waals surface area contributed by atoms with Crippen molar-refractivity contribution in [3.63, 3.8) is 0 Å². The Morgan fingerprint density at radius 3 is 2.09 bits per heavy atom. The van der Waals surface area contributed by atoms with E-state index in [1.807, 2.05) is 6.07 Å². The first kappa shape index (κ1) is 18.1. The monoisotopic (exact) mass is 333 g/mol. The molecule has 128 valence electrons. The molecule has 0 atom stereocenters. The molecule has 0 saturated heterocycles. The van der Waals surface area contributed by atoms with Gasteiger partial charge >= 0.3 is 0 Å². The molecule has 0 unspecified atom stereocenters. The van der Waals surface area contributed by atoms with E-state index >= 15 is 0 Å². The third-order valence-electron chi connectivity index (χ3n) is 5.28. The lowest BCUT2D eigenvalue weighted by atomic mass is 10.1. The Kier molecular flexibility index (Phi) is 5.56. The van der Waals surface area contributed by atoms with Gasteiger partial charge in [-0.1, -0.05) is 41.5 Å². The molecule has 3 nitrogen and oxygen atoms in total. The minimum absolute atomic E-state index is 0.545. The van der Waals surface area contributed by atoms with E-state index in [0.29, 0.717) is 16.6 Å². The van der Waals surface area contributed by atoms with Crippen molar-refractivity contribution in [1.29, 1.82) is 0 Å². The van der Waals surface area contributed by atoms with Crippen LogP contribution in [0.25, 0.3) is 0 Å². The molecule has 0 N–H and O–H groups in total. The Morgan fingerprint density at radius 2 is 1.57 bits per heavy atom. The van der Waals surface area contributed by atoms with Crippen molar-refractivity contribution in [2.45, 2.75) is 71.0 Å². The van der Waals surface area contributed by atoms with Crippen molar-refractivity contribution in [2.24, 2.45) is 5.16 Å². The molecule has 0 heterocycles. The minimum atomic E-state index is -1.95. The molecule has 0 fully saturated rings. The summed E-state index contributed by atoms with van der Waals surface area (Å²) in [5, 5.41) is 4.69. The number of rotatable bonds is 6. The van der Waals surface area contributed by atoms with Crippen LogP contribution in [0.1, 0.15) is 59.1 Å².